The van der Waals surface area contributed by atoms with E-state index in [4.69, 9.17) is 14.0 Å². The highest BCUT2D eigenvalue weighted by atomic mass is 32.2. The minimum absolute atomic E-state index is 0.00714. The lowest BCUT2D eigenvalue weighted by atomic mass is 10.0. The molecule has 0 heterocycles. The Morgan fingerprint density at radius 1 is 1.19 bits per heavy atom. The molecule has 8 heteroatoms. The van der Waals surface area contributed by atoms with Crippen LogP contribution in [0.2, 0.25) is 0 Å². The average molecular weight is 389 g/mol. The molecule has 0 saturated heterocycles. The molecule has 0 radical (unpaired) electrons. The number of ketones is 1. The van der Waals surface area contributed by atoms with E-state index in [1.165, 1.54) is 14.2 Å². The van der Waals surface area contributed by atoms with Crippen molar-refractivity contribution in [2.45, 2.75) is 18.6 Å². The SMILES string of the molecule is COc1cc(NC(=O)c2ccc(CS(=O)O)cc2)c2c(c1OC)C(=O)CC2. The van der Waals surface area contributed by atoms with Gasteiger partial charge in [-0.2, -0.15) is 0 Å². The molecule has 1 atom stereocenters. The van der Waals surface area contributed by atoms with Crippen LogP contribution in [0, 0.1) is 0 Å². The fraction of sp³-hybridized carbons (Fsp3) is 0.263. The highest BCUT2D eigenvalue weighted by Gasteiger charge is 2.30. The first-order valence-electron chi connectivity index (χ1n) is 8.23. The molecule has 0 aliphatic heterocycles. The lowest BCUT2D eigenvalue weighted by Gasteiger charge is -2.16. The summed E-state index contributed by atoms with van der Waals surface area (Å²) >= 11 is -1.93. The highest BCUT2D eigenvalue weighted by molar-refractivity contribution is 7.78. The molecule has 2 aromatic carbocycles. The van der Waals surface area contributed by atoms with E-state index >= 15 is 0 Å². The molecule has 1 amide bonds. The van der Waals surface area contributed by atoms with E-state index in [2.05, 4.69) is 5.32 Å². The van der Waals surface area contributed by atoms with Crippen molar-refractivity contribution in [2.75, 3.05) is 19.5 Å². The van der Waals surface area contributed by atoms with E-state index in [1.54, 1.807) is 30.3 Å². The molecular formula is C19H19NO6S. The van der Waals surface area contributed by atoms with Gasteiger partial charge in [0.1, 0.15) is 0 Å². The van der Waals surface area contributed by atoms with Crippen LogP contribution in [-0.4, -0.2) is 34.7 Å². The number of anilines is 1. The minimum Gasteiger partial charge on any atom is -0.493 e. The number of rotatable bonds is 6. The van der Waals surface area contributed by atoms with Crippen LogP contribution in [0.15, 0.2) is 30.3 Å². The first kappa shape index (κ1) is 19.1. The van der Waals surface area contributed by atoms with Gasteiger partial charge in [-0.3, -0.25) is 9.59 Å². The van der Waals surface area contributed by atoms with Crippen LogP contribution in [0.4, 0.5) is 5.69 Å². The van der Waals surface area contributed by atoms with Crippen molar-refractivity contribution in [3.05, 3.63) is 52.6 Å². The topological polar surface area (TPSA) is 102 Å². The van der Waals surface area contributed by atoms with Gasteiger partial charge in [0.15, 0.2) is 28.4 Å². The van der Waals surface area contributed by atoms with Gasteiger partial charge in [0.05, 0.1) is 25.5 Å². The molecule has 0 fully saturated rings. The number of nitrogens with one attached hydrogen (secondary N) is 1. The maximum absolute atomic E-state index is 12.6. The zero-order valence-corrected chi connectivity index (χ0v) is 15.7. The molecule has 1 unspecified atom stereocenters. The number of amides is 1. The van der Waals surface area contributed by atoms with Crippen LogP contribution in [0.25, 0.3) is 0 Å². The van der Waals surface area contributed by atoms with E-state index in [1.807, 2.05) is 0 Å². The van der Waals surface area contributed by atoms with Crippen LogP contribution >= 0.6 is 0 Å². The van der Waals surface area contributed by atoms with Gasteiger partial charge in [-0.05, 0) is 29.7 Å². The molecule has 27 heavy (non-hydrogen) atoms. The fourth-order valence-corrected chi connectivity index (χ4v) is 3.63. The first-order valence-corrected chi connectivity index (χ1v) is 9.51. The maximum atomic E-state index is 12.6. The molecule has 0 saturated carbocycles. The summed E-state index contributed by atoms with van der Waals surface area (Å²) in [6, 6.07) is 8.09. The van der Waals surface area contributed by atoms with Crippen LogP contribution < -0.4 is 14.8 Å². The number of ether oxygens (including phenoxy) is 2. The summed E-state index contributed by atoms with van der Waals surface area (Å²) in [6.07, 6.45) is 0.875. The summed E-state index contributed by atoms with van der Waals surface area (Å²) in [5, 5.41) is 2.83. The largest absolute Gasteiger partial charge is 0.493 e. The third-order valence-corrected chi connectivity index (χ3v) is 4.99. The Bertz CT molecular complexity index is 923. The highest BCUT2D eigenvalue weighted by Crippen LogP contribution is 2.42. The van der Waals surface area contributed by atoms with Gasteiger partial charge < -0.3 is 19.3 Å². The molecule has 2 N–H and O–H groups in total. The van der Waals surface area contributed by atoms with E-state index in [0.717, 1.165) is 5.56 Å². The van der Waals surface area contributed by atoms with Crippen molar-refractivity contribution in [3.8, 4) is 11.5 Å². The molecule has 0 bridgehead atoms. The Hall–Kier alpha value is -2.71. The summed E-state index contributed by atoms with van der Waals surface area (Å²) in [5.74, 6) is 0.377. The van der Waals surface area contributed by atoms with Crippen LogP contribution in [-0.2, 0) is 23.3 Å². The lowest BCUT2D eigenvalue weighted by molar-refractivity contribution is 0.0989. The third-order valence-electron chi connectivity index (χ3n) is 4.41. The second-order valence-electron chi connectivity index (χ2n) is 6.05. The number of methoxy groups -OCH3 is 2. The van der Waals surface area contributed by atoms with Gasteiger partial charge in [0, 0.05) is 23.7 Å². The molecule has 0 spiro atoms. The van der Waals surface area contributed by atoms with Crippen LogP contribution in [0.5, 0.6) is 11.5 Å². The maximum Gasteiger partial charge on any atom is 0.255 e. The average Bonchev–Trinajstić information content (AvgIpc) is 3.03. The van der Waals surface area contributed by atoms with Crippen LogP contribution in [0.1, 0.15) is 38.3 Å². The van der Waals surface area contributed by atoms with E-state index in [9.17, 15) is 13.8 Å². The summed E-state index contributed by atoms with van der Waals surface area (Å²) in [7, 11) is 2.95. The third kappa shape index (κ3) is 3.86. The van der Waals surface area contributed by atoms with E-state index in [0.29, 0.717) is 46.7 Å². The zero-order valence-electron chi connectivity index (χ0n) is 14.9. The van der Waals surface area contributed by atoms with Gasteiger partial charge in [0.25, 0.3) is 5.91 Å². The lowest BCUT2D eigenvalue weighted by Crippen LogP contribution is -2.14. The van der Waals surface area contributed by atoms with Crippen molar-refractivity contribution >= 4 is 28.5 Å². The summed E-state index contributed by atoms with van der Waals surface area (Å²) < 4.78 is 30.4. The Morgan fingerprint density at radius 2 is 1.89 bits per heavy atom. The monoisotopic (exact) mass is 389 g/mol. The van der Waals surface area contributed by atoms with Crippen molar-refractivity contribution < 1.29 is 27.8 Å². The second kappa shape index (κ2) is 7.89. The second-order valence-corrected chi connectivity index (χ2v) is 6.98. The van der Waals surface area contributed by atoms with Crippen molar-refractivity contribution in [3.63, 3.8) is 0 Å². The smallest absolute Gasteiger partial charge is 0.255 e. The first-order chi connectivity index (χ1) is 12.9. The molecule has 2 aromatic rings. The summed E-state index contributed by atoms with van der Waals surface area (Å²) in [6.45, 7) is 0. The molecule has 7 nitrogen and oxygen atoms in total. The Labute approximate surface area is 159 Å². The van der Waals surface area contributed by atoms with Crippen molar-refractivity contribution in [2.24, 2.45) is 0 Å². The zero-order chi connectivity index (χ0) is 19.6. The number of carbonyl (C=O) groups is 2. The number of Topliss-reactive ketones (excluding diaryl/α,β-unsaturated/α-hetero) is 1. The van der Waals surface area contributed by atoms with E-state index in [-0.39, 0.29) is 17.4 Å². The molecular weight excluding hydrogens is 370 g/mol. The number of fused-ring (bicyclic) bond motifs is 1. The van der Waals surface area contributed by atoms with Crippen molar-refractivity contribution in [1.82, 2.24) is 0 Å². The Morgan fingerprint density at radius 3 is 2.48 bits per heavy atom. The number of carbonyl (C=O) groups excluding carboxylic acids is 2. The van der Waals surface area contributed by atoms with Gasteiger partial charge in [-0.1, -0.05) is 12.1 Å². The van der Waals surface area contributed by atoms with Gasteiger partial charge in [-0.15, -0.1) is 0 Å². The number of hydrogen-bond donors (Lipinski definition) is 2. The molecule has 142 valence electrons. The molecule has 0 aromatic heterocycles. The normalized spacial score (nSPS) is 13.8. The molecule has 1 aliphatic carbocycles. The van der Waals surface area contributed by atoms with Gasteiger partial charge in [-0.25, -0.2) is 4.21 Å². The molecule has 3 rings (SSSR count). The Balaban J connectivity index is 1.90. The predicted octanol–water partition coefficient (Wildman–Crippen LogP) is 2.81. The molecule has 1 aliphatic rings. The standard InChI is InChI=1S/C19H19NO6S/c1-25-16-9-14(13-7-8-15(21)17(13)18(16)26-2)20-19(22)12-5-3-11(4-6-12)10-27(23)24/h3-6,9H,7-8,10H2,1-2H3,(H,20,22)(H,23,24). The number of benzene rings is 2. The Kier molecular flexibility index (Phi) is 5.57. The number of hydrogen-bond acceptors (Lipinski definition) is 5. The fourth-order valence-electron chi connectivity index (χ4n) is 3.15. The van der Waals surface area contributed by atoms with Crippen molar-refractivity contribution in [1.29, 1.82) is 0 Å². The van der Waals surface area contributed by atoms with Crippen LogP contribution in [0.3, 0.4) is 0 Å². The summed E-state index contributed by atoms with van der Waals surface area (Å²) in [5.41, 5.74) is 2.76. The van der Waals surface area contributed by atoms with E-state index < -0.39 is 11.1 Å². The van der Waals surface area contributed by atoms with Gasteiger partial charge >= 0.3 is 0 Å². The minimum atomic E-state index is -1.93. The summed E-state index contributed by atoms with van der Waals surface area (Å²) in [4.78, 5) is 24.9. The quantitative estimate of drug-likeness (QED) is 0.737. The van der Waals surface area contributed by atoms with Gasteiger partial charge in [0.2, 0.25) is 0 Å². The predicted molar refractivity (Wildman–Crippen MR) is 101 cm³/mol.